The van der Waals surface area contributed by atoms with Crippen molar-refractivity contribution in [3.05, 3.63) is 41.7 Å². The first kappa shape index (κ1) is 19.4. The van der Waals surface area contributed by atoms with Crippen LogP contribution in [0.1, 0.15) is 24.6 Å². The lowest BCUT2D eigenvalue weighted by Gasteiger charge is -2.30. The molecule has 27 heavy (non-hydrogen) atoms. The lowest BCUT2D eigenvalue weighted by Crippen LogP contribution is -2.44. The van der Waals surface area contributed by atoms with Gasteiger partial charge in [-0.05, 0) is 19.2 Å². The molecule has 0 saturated carbocycles. The number of aryl methyl sites for hydroxylation is 1. The molecule has 3 aromatic rings. The van der Waals surface area contributed by atoms with Gasteiger partial charge in [-0.25, -0.2) is 14.1 Å². The summed E-state index contributed by atoms with van der Waals surface area (Å²) in [5, 5.41) is 11.8. The Balaban J connectivity index is 0.00000210. The highest BCUT2D eigenvalue weighted by Crippen LogP contribution is 2.23. The lowest BCUT2D eigenvalue weighted by atomic mass is 10.2. The third-order valence-corrected chi connectivity index (χ3v) is 4.51. The van der Waals surface area contributed by atoms with Crippen LogP contribution >= 0.6 is 12.4 Å². The van der Waals surface area contributed by atoms with Gasteiger partial charge in [0.2, 0.25) is 5.82 Å². The first-order chi connectivity index (χ1) is 12.7. The molecule has 1 aliphatic rings. The van der Waals surface area contributed by atoms with Crippen molar-refractivity contribution < 1.29 is 8.91 Å². The molecular formula is C17H21ClFN7O. The monoisotopic (exact) mass is 393 g/mol. The number of rotatable bonds is 4. The highest BCUT2D eigenvalue weighted by atomic mass is 35.5. The van der Waals surface area contributed by atoms with Crippen LogP contribution in [0.2, 0.25) is 0 Å². The van der Waals surface area contributed by atoms with Crippen molar-refractivity contribution in [2.75, 3.05) is 26.7 Å². The van der Waals surface area contributed by atoms with E-state index in [0.717, 1.165) is 19.6 Å². The van der Waals surface area contributed by atoms with Crippen LogP contribution in [0, 0.1) is 5.82 Å². The Hall–Kier alpha value is -2.36. The van der Waals surface area contributed by atoms with Crippen molar-refractivity contribution >= 4 is 12.4 Å². The molecule has 0 bridgehead atoms. The summed E-state index contributed by atoms with van der Waals surface area (Å²) in [5.41, 5.74) is 0.346. The number of benzene rings is 1. The number of para-hydroxylation sites is 1. The summed E-state index contributed by atoms with van der Waals surface area (Å²) in [7, 11) is 2.03. The molecule has 144 valence electrons. The summed E-state index contributed by atoms with van der Waals surface area (Å²) < 4.78 is 21.0. The number of likely N-dealkylation sites (N-methyl/N-ethyl adjacent to an activating group) is 1. The van der Waals surface area contributed by atoms with E-state index in [2.05, 4.69) is 30.4 Å². The average Bonchev–Trinajstić information content (AvgIpc) is 3.29. The third-order valence-electron chi connectivity index (χ3n) is 4.51. The van der Waals surface area contributed by atoms with Crippen LogP contribution in [-0.2, 0) is 6.42 Å². The summed E-state index contributed by atoms with van der Waals surface area (Å²) in [6, 6.07) is 6.50. The minimum Gasteiger partial charge on any atom is -0.330 e. The van der Waals surface area contributed by atoms with Crippen LogP contribution in [0.4, 0.5) is 4.39 Å². The van der Waals surface area contributed by atoms with E-state index in [-0.39, 0.29) is 30.2 Å². The molecular weight excluding hydrogens is 373 g/mol. The fourth-order valence-electron chi connectivity index (χ4n) is 3.04. The van der Waals surface area contributed by atoms with Gasteiger partial charge in [0.15, 0.2) is 5.82 Å². The SMILES string of the molecule is CCc1nc(-c2nc(C3CNCCN3C)no2)nn1-c1ccccc1F.Cl. The van der Waals surface area contributed by atoms with Gasteiger partial charge in [0.05, 0.1) is 6.04 Å². The number of aromatic nitrogens is 5. The predicted molar refractivity (Wildman–Crippen MR) is 99.5 cm³/mol. The minimum atomic E-state index is -0.361. The number of hydrogen-bond acceptors (Lipinski definition) is 7. The minimum absolute atomic E-state index is 0. The smallest absolute Gasteiger partial charge is 0.297 e. The maximum Gasteiger partial charge on any atom is 0.297 e. The fraction of sp³-hybridized carbons (Fsp3) is 0.412. The van der Waals surface area contributed by atoms with Crippen LogP contribution in [0.15, 0.2) is 28.8 Å². The first-order valence-electron chi connectivity index (χ1n) is 8.63. The molecule has 2 aromatic heterocycles. The second-order valence-electron chi connectivity index (χ2n) is 6.23. The molecule has 1 N–H and O–H groups in total. The van der Waals surface area contributed by atoms with Gasteiger partial charge in [0.1, 0.15) is 17.3 Å². The van der Waals surface area contributed by atoms with E-state index in [9.17, 15) is 4.39 Å². The van der Waals surface area contributed by atoms with Crippen LogP contribution in [-0.4, -0.2) is 56.5 Å². The van der Waals surface area contributed by atoms with E-state index in [1.807, 2.05) is 14.0 Å². The molecule has 4 rings (SSSR count). The molecule has 1 atom stereocenters. The Morgan fingerprint density at radius 3 is 2.85 bits per heavy atom. The lowest BCUT2D eigenvalue weighted by molar-refractivity contribution is 0.190. The quantitative estimate of drug-likeness (QED) is 0.725. The van der Waals surface area contributed by atoms with Crippen molar-refractivity contribution in [2.24, 2.45) is 0 Å². The molecule has 1 saturated heterocycles. The molecule has 3 heterocycles. The molecule has 1 aromatic carbocycles. The Morgan fingerprint density at radius 1 is 1.30 bits per heavy atom. The molecule has 1 unspecified atom stereocenters. The van der Waals surface area contributed by atoms with Gasteiger partial charge in [-0.1, -0.05) is 24.2 Å². The maximum absolute atomic E-state index is 14.1. The summed E-state index contributed by atoms with van der Waals surface area (Å²) in [4.78, 5) is 11.1. The van der Waals surface area contributed by atoms with E-state index in [1.165, 1.54) is 10.7 Å². The molecule has 0 spiro atoms. The van der Waals surface area contributed by atoms with Crippen molar-refractivity contribution in [2.45, 2.75) is 19.4 Å². The van der Waals surface area contributed by atoms with Crippen LogP contribution < -0.4 is 5.32 Å². The van der Waals surface area contributed by atoms with Crippen molar-refractivity contribution in [3.8, 4) is 17.4 Å². The molecule has 1 aliphatic heterocycles. The number of halogens is 2. The van der Waals surface area contributed by atoms with Gasteiger partial charge in [-0.2, -0.15) is 4.98 Å². The normalized spacial score (nSPS) is 17.7. The molecule has 0 amide bonds. The van der Waals surface area contributed by atoms with Crippen LogP contribution in [0.25, 0.3) is 17.4 Å². The van der Waals surface area contributed by atoms with Gasteiger partial charge >= 0.3 is 0 Å². The fourth-order valence-corrected chi connectivity index (χ4v) is 3.04. The van der Waals surface area contributed by atoms with Crippen LogP contribution in [0.5, 0.6) is 0 Å². The maximum atomic E-state index is 14.1. The third kappa shape index (κ3) is 3.71. The molecule has 10 heteroatoms. The molecule has 8 nitrogen and oxygen atoms in total. The van der Waals surface area contributed by atoms with Gasteiger partial charge in [0, 0.05) is 26.1 Å². The Labute approximate surface area is 162 Å². The zero-order valence-corrected chi connectivity index (χ0v) is 15.9. The van der Waals surface area contributed by atoms with Gasteiger partial charge in [-0.15, -0.1) is 17.5 Å². The topological polar surface area (TPSA) is 84.9 Å². The van der Waals surface area contributed by atoms with Gasteiger partial charge in [0.25, 0.3) is 5.89 Å². The molecule has 0 aliphatic carbocycles. The summed E-state index contributed by atoms with van der Waals surface area (Å²) in [6.45, 7) is 4.54. The van der Waals surface area contributed by atoms with E-state index < -0.39 is 0 Å². The van der Waals surface area contributed by atoms with Crippen molar-refractivity contribution in [1.82, 2.24) is 35.1 Å². The van der Waals surface area contributed by atoms with E-state index in [0.29, 0.717) is 29.6 Å². The largest absolute Gasteiger partial charge is 0.330 e. The number of nitrogens with one attached hydrogen (secondary N) is 1. The first-order valence-corrected chi connectivity index (χ1v) is 8.63. The predicted octanol–water partition coefficient (Wildman–Crippen LogP) is 2.02. The second kappa shape index (κ2) is 8.12. The van der Waals surface area contributed by atoms with E-state index in [4.69, 9.17) is 4.52 Å². The highest BCUT2D eigenvalue weighted by molar-refractivity contribution is 5.85. The highest BCUT2D eigenvalue weighted by Gasteiger charge is 2.27. The van der Waals surface area contributed by atoms with Gasteiger partial charge < -0.3 is 9.84 Å². The number of nitrogens with zero attached hydrogens (tertiary/aromatic N) is 6. The molecule has 1 fully saturated rings. The zero-order chi connectivity index (χ0) is 18.1. The van der Waals surface area contributed by atoms with Crippen LogP contribution in [0.3, 0.4) is 0 Å². The van der Waals surface area contributed by atoms with Crippen molar-refractivity contribution in [1.29, 1.82) is 0 Å². The number of piperazine rings is 1. The molecule has 0 radical (unpaired) electrons. The summed E-state index contributed by atoms with van der Waals surface area (Å²) in [6.07, 6.45) is 0.595. The Bertz CT molecular complexity index is 912. The Kier molecular flexibility index (Phi) is 5.83. The summed E-state index contributed by atoms with van der Waals surface area (Å²) in [5.74, 6) is 1.40. The number of hydrogen-bond donors (Lipinski definition) is 1. The average molecular weight is 394 g/mol. The van der Waals surface area contributed by atoms with E-state index in [1.54, 1.807) is 18.2 Å². The summed E-state index contributed by atoms with van der Waals surface area (Å²) >= 11 is 0. The zero-order valence-electron chi connectivity index (χ0n) is 15.1. The second-order valence-corrected chi connectivity index (χ2v) is 6.23. The Morgan fingerprint density at radius 2 is 2.11 bits per heavy atom. The standard InChI is InChI=1S/C17H20FN7O.ClH/c1-3-14-20-16(22-25(14)12-7-5-4-6-11(12)18)17-21-15(23-26-17)13-10-19-8-9-24(13)2;/h4-7,13,19H,3,8-10H2,1-2H3;1H. The van der Waals surface area contributed by atoms with E-state index >= 15 is 0 Å². The van der Waals surface area contributed by atoms with Crippen molar-refractivity contribution in [3.63, 3.8) is 0 Å². The van der Waals surface area contributed by atoms with Gasteiger partial charge in [-0.3, -0.25) is 4.90 Å².